The zero-order valence-corrected chi connectivity index (χ0v) is 11.1. The quantitative estimate of drug-likeness (QED) is 0.626. The Balaban J connectivity index is 0.00000225. The fourth-order valence-corrected chi connectivity index (χ4v) is 1.82. The van der Waals surface area contributed by atoms with Gasteiger partial charge in [-0.25, -0.2) is 0 Å². The molecular formula is C11H17ClN2OS. The molecule has 0 bridgehead atoms. The summed E-state index contributed by atoms with van der Waals surface area (Å²) < 4.78 is 0. The lowest BCUT2D eigenvalue weighted by Crippen LogP contribution is -2.30. The molecule has 5 heteroatoms. The van der Waals surface area contributed by atoms with Crippen molar-refractivity contribution in [3.8, 4) is 0 Å². The molecule has 0 aliphatic carbocycles. The number of amides is 1. The lowest BCUT2D eigenvalue weighted by molar-refractivity contribution is 0.0951. The second-order valence-corrected chi connectivity index (χ2v) is 3.91. The minimum absolute atomic E-state index is 0. The largest absolute Gasteiger partial charge is 0.351 e. The summed E-state index contributed by atoms with van der Waals surface area (Å²) in [7, 11) is 1.86. The first-order valence-corrected chi connectivity index (χ1v) is 6.08. The number of likely N-dealkylation sites (N-methyl/N-ethyl adjacent to an activating group) is 1. The van der Waals surface area contributed by atoms with Crippen LogP contribution in [-0.2, 0) is 0 Å². The number of benzene rings is 1. The molecule has 0 aliphatic rings. The topological polar surface area (TPSA) is 41.1 Å². The second kappa shape index (κ2) is 8.44. The van der Waals surface area contributed by atoms with Crippen LogP contribution in [-0.4, -0.2) is 32.3 Å². The van der Waals surface area contributed by atoms with E-state index < -0.39 is 0 Å². The molecule has 0 fully saturated rings. The molecular weight excluding hydrogens is 244 g/mol. The highest BCUT2D eigenvalue weighted by atomic mass is 35.5. The predicted molar refractivity (Wildman–Crippen MR) is 71.7 cm³/mol. The van der Waals surface area contributed by atoms with E-state index in [0.717, 1.165) is 17.0 Å². The number of carbonyl (C=O) groups is 1. The van der Waals surface area contributed by atoms with Crippen molar-refractivity contribution in [3.05, 3.63) is 29.8 Å². The molecule has 2 N–H and O–H groups in total. The molecule has 0 radical (unpaired) electrons. The maximum Gasteiger partial charge on any atom is 0.252 e. The number of hydrogen-bond acceptors (Lipinski definition) is 3. The summed E-state index contributed by atoms with van der Waals surface area (Å²) in [6.45, 7) is 1.44. The fraction of sp³-hybridized carbons (Fsp3) is 0.364. The van der Waals surface area contributed by atoms with Gasteiger partial charge in [0.25, 0.3) is 5.91 Å². The highest BCUT2D eigenvalue weighted by molar-refractivity contribution is 7.98. The van der Waals surface area contributed by atoms with E-state index in [1.807, 2.05) is 37.6 Å². The van der Waals surface area contributed by atoms with Crippen molar-refractivity contribution in [1.29, 1.82) is 0 Å². The Hall–Kier alpha value is -0.710. The first-order valence-electron chi connectivity index (χ1n) is 4.85. The van der Waals surface area contributed by atoms with E-state index in [0.29, 0.717) is 6.54 Å². The van der Waals surface area contributed by atoms with Crippen LogP contribution in [0.3, 0.4) is 0 Å². The van der Waals surface area contributed by atoms with Gasteiger partial charge in [-0.05, 0) is 25.4 Å². The molecule has 0 saturated carbocycles. The minimum Gasteiger partial charge on any atom is -0.351 e. The molecule has 0 heterocycles. The van der Waals surface area contributed by atoms with Crippen LogP contribution in [0.1, 0.15) is 10.4 Å². The zero-order valence-electron chi connectivity index (χ0n) is 9.45. The molecule has 16 heavy (non-hydrogen) atoms. The molecule has 0 saturated heterocycles. The number of thioether (sulfide) groups is 1. The molecule has 0 atom stereocenters. The van der Waals surface area contributed by atoms with E-state index >= 15 is 0 Å². The van der Waals surface area contributed by atoms with Crippen LogP contribution in [0.15, 0.2) is 29.2 Å². The molecule has 1 aromatic rings. The Morgan fingerprint density at radius 2 is 2.00 bits per heavy atom. The third kappa shape index (κ3) is 4.43. The summed E-state index contributed by atoms with van der Waals surface area (Å²) >= 11 is 1.59. The molecule has 0 spiro atoms. The van der Waals surface area contributed by atoms with E-state index in [9.17, 15) is 4.79 Å². The molecule has 1 amide bonds. The molecule has 0 unspecified atom stereocenters. The Bertz CT molecular complexity index is 334. The van der Waals surface area contributed by atoms with Crippen LogP contribution in [0.5, 0.6) is 0 Å². The van der Waals surface area contributed by atoms with Gasteiger partial charge in [-0.2, -0.15) is 0 Å². The van der Waals surface area contributed by atoms with Gasteiger partial charge < -0.3 is 10.6 Å². The van der Waals surface area contributed by atoms with Crippen LogP contribution >= 0.6 is 24.2 Å². The Labute approximate surface area is 107 Å². The molecule has 90 valence electrons. The van der Waals surface area contributed by atoms with Gasteiger partial charge >= 0.3 is 0 Å². The van der Waals surface area contributed by atoms with E-state index in [2.05, 4.69) is 10.6 Å². The smallest absolute Gasteiger partial charge is 0.252 e. The highest BCUT2D eigenvalue weighted by Gasteiger charge is 2.08. The fourth-order valence-electron chi connectivity index (χ4n) is 1.23. The van der Waals surface area contributed by atoms with Gasteiger partial charge in [0, 0.05) is 18.0 Å². The van der Waals surface area contributed by atoms with Crippen LogP contribution in [0.25, 0.3) is 0 Å². The normalized spacial score (nSPS) is 9.38. The lowest BCUT2D eigenvalue weighted by atomic mass is 10.2. The first kappa shape index (κ1) is 15.3. The van der Waals surface area contributed by atoms with Crippen molar-refractivity contribution in [2.24, 2.45) is 0 Å². The van der Waals surface area contributed by atoms with Gasteiger partial charge in [0.15, 0.2) is 0 Å². The van der Waals surface area contributed by atoms with Crippen LogP contribution < -0.4 is 10.6 Å². The molecule has 1 rings (SSSR count). The van der Waals surface area contributed by atoms with Crippen LogP contribution in [0, 0.1) is 0 Å². The second-order valence-electron chi connectivity index (χ2n) is 3.06. The van der Waals surface area contributed by atoms with Crippen molar-refractivity contribution in [2.75, 3.05) is 26.4 Å². The third-order valence-corrected chi connectivity index (χ3v) is 2.81. The van der Waals surface area contributed by atoms with Crippen molar-refractivity contribution in [3.63, 3.8) is 0 Å². The molecule has 0 aromatic heterocycles. The van der Waals surface area contributed by atoms with Crippen molar-refractivity contribution in [1.82, 2.24) is 10.6 Å². The monoisotopic (exact) mass is 260 g/mol. The van der Waals surface area contributed by atoms with Gasteiger partial charge in [0.1, 0.15) is 0 Å². The summed E-state index contributed by atoms with van der Waals surface area (Å²) in [5.41, 5.74) is 0.751. The zero-order chi connectivity index (χ0) is 11.1. The van der Waals surface area contributed by atoms with Gasteiger partial charge in [-0.1, -0.05) is 12.1 Å². The average molecular weight is 261 g/mol. The number of rotatable bonds is 5. The third-order valence-electron chi connectivity index (χ3n) is 2.01. The van der Waals surface area contributed by atoms with Gasteiger partial charge in [-0.15, -0.1) is 24.2 Å². The van der Waals surface area contributed by atoms with Gasteiger partial charge in [-0.3, -0.25) is 4.79 Å². The van der Waals surface area contributed by atoms with E-state index in [1.165, 1.54) is 0 Å². The van der Waals surface area contributed by atoms with E-state index in [1.54, 1.807) is 11.8 Å². The molecule has 0 aliphatic heterocycles. The number of hydrogen-bond donors (Lipinski definition) is 2. The van der Waals surface area contributed by atoms with Crippen molar-refractivity contribution >= 4 is 30.1 Å². The summed E-state index contributed by atoms with van der Waals surface area (Å²) in [6, 6.07) is 7.63. The predicted octanol–water partition coefficient (Wildman–Crippen LogP) is 1.78. The standard InChI is InChI=1S/C11H16N2OS.ClH/c1-12-7-8-13-11(14)9-5-3-4-6-10(9)15-2;/h3-6,12H,7-8H2,1-2H3,(H,13,14);1H. The SMILES string of the molecule is CNCCNC(=O)c1ccccc1SC.Cl. The maximum atomic E-state index is 11.7. The molecule has 1 aromatic carbocycles. The van der Waals surface area contributed by atoms with E-state index in [4.69, 9.17) is 0 Å². The highest BCUT2D eigenvalue weighted by Crippen LogP contribution is 2.19. The number of carbonyl (C=O) groups excluding carboxylic acids is 1. The lowest BCUT2D eigenvalue weighted by Gasteiger charge is -2.07. The Morgan fingerprint density at radius 3 is 2.62 bits per heavy atom. The number of nitrogens with one attached hydrogen (secondary N) is 2. The van der Waals surface area contributed by atoms with Crippen molar-refractivity contribution in [2.45, 2.75) is 4.90 Å². The number of halogens is 1. The molecule has 3 nitrogen and oxygen atoms in total. The van der Waals surface area contributed by atoms with Gasteiger partial charge in [0.2, 0.25) is 0 Å². The summed E-state index contributed by atoms with van der Waals surface area (Å²) in [5, 5.41) is 5.84. The van der Waals surface area contributed by atoms with Gasteiger partial charge in [0.05, 0.1) is 5.56 Å². The average Bonchev–Trinajstić information content (AvgIpc) is 2.29. The van der Waals surface area contributed by atoms with Crippen molar-refractivity contribution < 1.29 is 4.79 Å². The summed E-state index contributed by atoms with van der Waals surface area (Å²) in [4.78, 5) is 12.8. The Kier molecular flexibility index (Phi) is 8.07. The van der Waals surface area contributed by atoms with E-state index in [-0.39, 0.29) is 18.3 Å². The summed E-state index contributed by atoms with van der Waals surface area (Å²) in [6.07, 6.45) is 1.97. The van der Waals surface area contributed by atoms with Crippen LogP contribution in [0.4, 0.5) is 0 Å². The summed E-state index contributed by atoms with van der Waals surface area (Å²) in [5.74, 6) is -0.00444. The minimum atomic E-state index is -0.00444. The van der Waals surface area contributed by atoms with Crippen LogP contribution in [0.2, 0.25) is 0 Å². The Morgan fingerprint density at radius 1 is 1.31 bits per heavy atom. The maximum absolute atomic E-state index is 11.7. The first-order chi connectivity index (χ1) is 7.29.